The zero-order valence-corrected chi connectivity index (χ0v) is 11.7. The molecule has 0 aliphatic carbocycles. The first-order valence-electron chi connectivity index (χ1n) is 6.58. The molecule has 0 saturated carbocycles. The predicted molar refractivity (Wildman–Crippen MR) is 77.5 cm³/mol. The van der Waals surface area contributed by atoms with Gasteiger partial charge in [-0.1, -0.05) is 30.3 Å². The van der Waals surface area contributed by atoms with Gasteiger partial charge in [-0.25, -0.2) is 4.79 Å². The molecule has 1 heterocycles. The van der Waals surface area contributed by atoms with E-state index in [1.54, 1.807) is 0 Å². The maximum absolute atomic E-state index is 11.8. The minimum atomic E-state index is -0.542. The molecular formula is C16H16N2O3. The van der Waals surface area contributed by atoms with Gasteiger partial charge >= 0.3 is 5.97 Å². The quantitative estimate of drug-likeness (QED) is 0.854. The minimum Gasteiger partial charge on any atom is -0.452 e. The van der Waals surface area contributed by atoms with Crippen molar-refractivity contribution in [2.45, 2.75) is 13.0 Å². The number of esters is 1. The Balaban J connectivity index is 1.81. The first-order valence-corrected chi connectivity index (χ1v) is 6.58. The number of hydrogen-bond donors (Lipinski definition) is 1. The minimum absolute atomic E-state index is 0.140. The Labute approximate surface area is 123 Å². The van der Waals surface area contributed by atoms with Gasteiger partial charge in [-0.2, -0.15) is 0 Å². The fraction of sp³-hybridized carbons (Fsp3) is 0.188. The summed E-state index contributed by atoms with van der Waals surface area (Å²) in [6, 6.07) is 12.5. The lowest BCUT2D eigenvalue weighted by molar-refractivity contribution is -0.124. The SMILES string of the molecule is C[C@@H](NC(=O)COC(=O)c1ccncc1)c1ccccc1. The summed E-state index contributed by atoms with van der Waals surface area (Å²) in [6.07, 6.45) is 2.99. The molecule has 0 spiro atoms. The zero-order valence-electron chi connectivity index (χ0n) is 11.7. The van der Waals surface area contributed by atoms with Gasteiger partial charge in [0.2, 0.25) is 0 Å². The third kappa shape index (κ3) is 4.42. The Hall–Kier alpha value is -2.69. The third-order valence-corrected chi connectivity index (χ3v) is 2.93. The van der Waals surface area contributed by atoms with Gasteiger partial charge in [-0.05, 0) is 24.6 Å². The van der Waals surface area contributed by atoms with Crippen molar-refractivity contribution in [1.29, 1.82) is 0 Å². The highest BCUT2D eigenvalue weighted by Gasteiger charge is 2.12. The molecule has 2 rings (SSSR count). The van der Waals surface area contributed by atoms with Crippen molar-refractivity contribution < 1.29 is 14.3 Å². The average molecular weight is 284 g/mol. The van der Waals surface area contributed by atoms with Crippen LogP contribution in [0.25, 0.3) is 0 Å². The average Bonchev–Trinajstić information content (AvgIpc) is 2.54. The Morgan fingerprint density at radius 3 is 2.48 bits per heavy atom. The smallest absolute Gasteiger partial charge is 0.338 e. The second-order valence-corrected chi connectivity index (χ2v) is 4.51. The number of amides is 1. The Morgan fingerprint density at radius 2 is 1.81 bits per heavy atom. The van der Waals surface area contributed by atoms with Crippen LogP contribution in [0.2, 0.25) is 0 Å². The van der Waals surface area contributed by atoms with E-state index in [1.165, 1.54) is 24.5 Å². The van der Waals surface area contributed by atoms with E-state index in [0.29, 0.717) is 5.56 Å². The first-order chi connectivity index (χ1) is 10.2. The number of nitrogens with one attached hydrogen (secondary N) is 1. The van der Waals surface area contributed by atoms with Crippen LogP contribution in [0, 0.1) is 0 Å². The van der Waals surface area contributed by atoms with Crippen LogP contribution in [0.15, 0.2) is 54.9 Å². The Kier molecular flexibility index (Phi) is 5.04. The Bertz CT molecular complexity index is 599. The monoisotopic (exact) mass is 284 g/mol. The molecule has 0 unspecified atom stereocenters. The lowest BCUT2D eigenvalue weighted by Crippen LogP contribution is -2.31. The summed E-state index contributed by atoms with van der Waals surface area (Å²) in [6.45, 7) is 1.57. The Morgan fingerprint density at radius 1 is 1.14 bits per heavy atom. The number of ether oxygens (including phenoxy) is 1. The van der Waals surface area contributed by atoms with E-state index in [9.17, 15) is 9.59 Å². The van der Waals surface area contributed by atoms with Crippen molar-refractivity contribution in [3.05, 3.63) is 66.0 Å². The van der Waals surface area contributed by atoms with E-state index in [2.05, 4.69) is 10.3 Å². The molecule has 0 bridgehead atoms. The fourth-order valence-corrected chi connectivity index (χ4v) is 1.81. The van der Waals surface area contributed by atoms with E-state index >= 15 is 0 Å². The van der Waals surface area contributed by atoms with Gasteiger partial charge in [0.1, 0.15) is 0 Å². The largest absolute Gasteiger partial charge is 0.452 e. The molecule has 5 heteroatoms. The molecule has 5 nitrogen and oxygen atoms in total. The van der Waals surface area contributed by atoms with Crippen LogP contribution in [-0.2, 0) is 9.53 Å². The van der Waals surface area contributed by atoms with Crippen molar-refractivity contribution in [2.75, 3.05) is 6.61 Å². The lowest BCUT2D eigenvalue weighted by Gasteiger charge is -2.14. The summed E-state index contributed by atoms with van der Waals surface area (Å²) >= 11 is 0. The normalized spacial score (nSPS) is 11.5. The van der Waals surface area contributed by atoms with Gasteiger partial charge in [-0.3, -0.25) is 9.78 Å². The van der Waals surface area contributed by atoms with E-state index in [-0.39, 0.29) is 18.6 Å². The van der Waals surface area contributed by atoms with Gasteiger partial charge in [-0.15, -0.1) is 0 Å². The number of rotatable bonds is 5. The molecule has 1 atom stereocenters. The third-order valence-electron chi connectivity index (χ3n) is 2.93. The molecule has 108 valence electrons. The highest BCUT2D eigenvalue weighted by atomic mass is 16.5. The summed E-state index contributed by atoms with van der Waals surface area (Å²) in [5.74, 6) is -0.881. The number of nitrogens with zero attached hydrogens (tertiary/aromatic N) is 1. The van der Waals surface area contributed by atoms with Crippen molar-refractivity contribution in [3.8, 4) is 0 Å². The number of benzene rings is 1. The molecular weight excluding hydrogens is 268 g/mol. The van der Waals surface area contributed by atoms with E-state index in [0.717, 1.165) is 5.56 Å². The second-order valence-electron chi connectivity index (χ2n) is 4.51. The first kappa shape index (κ1) is 14.7. The predicted octanol–water partition coefficient (Wildman–Crippen LogP) is 2.12. The highest BCUT2D eigenvalue weighted by Crippen LogP contribution is 2.10. The van der Waals surface area contributed by atoms with Gasteiger partial charge in [0.05, 0.1) is 11.6 Å². The zero-order chi connectivity index (χ0) is 15.1. The number of carbonyl (C=O) groups excluding carboxylic acids is 2. The van der Waals surface area contributed by atoms with Crippen LogP contribution < -0.4 is 5.32 Å². The van der Waals surface area contributed by atoms with Crippen LogP contribution in [0.1, 0.15) is 28.9 Å². The molecule has 1 amide bonds. The molecule has 0 aliphatic heterocycles. The summed E-state index contributed by atoms with van der Waals surface area (Å²) < 4.78 is 4.95. The van der Waals surface area contributed by atoms with E-state index in [1.807, 2.05) is 37.3 Å². The fourth-order valence-electron chi connectivity index (χ4n) is 1.81. The van der Waals surface area contributed by atoms with E-state index < -0.39 is 5.97 Å². The number of pyridine rings is 1. The van der Waals surface area contributed by atoms with Gasteiger partial charge < -0.3 is 10.1 Å². The van der Waals surface area contributed by atoms with Crippen molar-refractivity contribution in [1.82, 2.24) is 10.3 Å². The molecule has 0 fully saturated rings. The molecule has 0 aliphatic rings. The standard InChI is InChI=1S/C16H16N2O3/c1-12(13-5-3-2-4-6-13)18-15(19)11-21-16(20)14-7-9-17-10-8-14/h2-10,12H,11H2,1H3,(H,18,19)/t12-/m1/s1. The van der Waals surface area contributed by atoms with Crippen LogP contribution in [0.5, 0.6) is 0 Å². The summed E-state index contributed by atoms with van der Waals surface area (Å²) in [7, 11) is 0. The maximum atomic E-state index is 11.8. The van der Waals surface area contributed by atoms with Crippen LogP contribution in [0.4, 0.5) is 0 Å². The highest BCUT2D eigenvalue weighted by molar-refractivity contribution is 5.91. The van der Waals surface area contributed by atoms with Crippen molar-refractivity contribution in [3.63, 3.8) is 0 Å². The molecule has 1 aromatic heterocycles. The van der Waals surface area contributed by atoms with Gasteiger partial charge in [0.25, 0.3) is 5.91 Å². The second kappa shape index (κ2) is 7.19. The van der Waals surface area contributed by atoms with Gasteiger partial charge in [0, 0.05) is 12.4 Å². The van der Waals surface area contributed by atoms with Crippen molar-refractivity contribution in [2.24, 2.45) is 0 Å². The maximum Gasteiger partial charge on any atom is 0.338 e. The summed E-state index contributed by atoms with van der Waals surface area (Å²) in [4.78, 5) is 27.2. The molecule has 2 aromatic rings. The lowest BCUT2D eigenvalue weighted by atomic mass is 10.1. The molecule has 0 saturated heterocycles. The van der Waals surface area contributed by atoms with Gasteiger partial charge in [0.15, 0.2) is 6.61 Å². The molecule has 1 N–H and O–H groups in total. The van der Waals surface area contributed by atoms with Crippen LogP contribution in [0.3, 0.4) is 0 Å². The number of aromatic nitrogens is 1. The van der Waals surface area contributed by atoms with Crippen LogP contribution >= 0.6 is 0 Å². The topological polar surface area (TPSA) is 68.3 Å². The summed E-state index contributed by atoms with van der Waals surface area (Å²) in [5, 5.41) is 2.77. The molecule has 0 radical (unpaired) electrons. The number of carbonyl (C=O) groups is 2. The number of hydrogen-bond acceptors (Lipinski definition) is 4. The van der Waals surface area contributed by atoms with Crippen LogP contribution in [-0.4, -0.2) is 23.5 Å². The molecule has 21 heavy (non-hydrogen) atoms. The molecule has 1 aromatic carbocycles. The van der Waals surface area contributed by atoms with E-state index in [4.69, 9.17) is 4.74 Å². The summed E-state index contributed by atoms with van der Waals surface area (Å²) in [5.41, 5.74) is 1.36. The van der Waals surface area contributed by atoms with Crippen molar-refractivity contribution >= 4 is 11.9 Å².